The fourth-order valence-corrected chi connectivity index (χ4v) is 2.49. The molecule has 0 radical (unpaired) electrons. The first kappa shape index (κ1) is 15.9. The zero-order chi connectivity index (χ0) is 15.1. The van der Waals surface area contributed by atoms with Crippen LogP contribution in [0.4, 0.5) is 4.39 Å². The van der Waals surface area contributed by atoms with Crippen molar-refractivity contribution in [3.05, 3.63) is 35.1 Å². The van der Waals surface area contributed by atoms with Gasteiger partial charge in [-0.2, -0.15) is 5.26 Å². The maximum atomic E-state index is 13.9. The molecule has 0 unspecified atom stereocenters. The minimum Gasteiger partial charge on any atom is -0.380 e. The number of nitrogens with zero attached hydrogens (tertiary/aromatic N) is 3. The first-order valence-corrected chi connectivity index (χ1v) is 7.44. The fourth-order valence-electron chi connectivity index (χ4n) is 2.49. The highest BCUT2D eigenvalue weighted by Crippen LogP contribution is 2.14. The number of hydrogen-bond acceptors (Lipinski definition) is 4. The molecule has 1 fully saturated rings. The molecule has 0 aromatic heterocycles. The molecule has 21 heavy (non-hydrogen) atoms. The Labute approximate surface area is 125 Å². The van der Waals surface area contributed by atoms with E-state index in [4.69, 9.17) is 10.00 Å². The van der Waals surface area contributed by atoms with E-state index < -0.39 is 0 Å². The Bertz CT molecular complexity index is 493. The molecule has 2 rings (SSSR count). The summed E-state index contributed by atoms with van der Waals surface area (Å²) in [7, 11) is 0. The standard InChI is InChI=1S/C16H22FN3O/c1-2-21-10-9-19-5-7-20(8-6-19)13-15-4-3-14(12-18)11-16(15)17/h3-4,11H,2,5-10,13H2,1H3. The summed E-state index contributed by atoms with van der Waals surface area (Å²) in [6.45, 7) is 8.97. The molecule has 0 N–H and O–H groups in total. The molecular weight excluding hydrogens is 269 g/mol. The van der Waals surface area contributed by atoms with Gasteiger partial charge in [0, 0.05) is 51.4 Å². The van der Waals surface area contributed by atoms with E-state index in [1.54, 1.807) is 12.1 Å². The topological polar surface area (TPSA) is 39.5 Å². The predicted octanol–water partition coefficient (Wildman–Crippen LogP) is 1.85. The average molecular weight is 291 g/mol. The minimum atomic E-state index is -0.284. The molecule has 1 aromatic rings. The van der Waals surface area contributed by atoms with Gasteiger partial charge in [-0.1, -0.05) is 6.07 Å². The van der Waals surface area contributed by atoms with Gasteiger partial charge in [-0.3, -0.25) is 9.80 Å². The molecule has 114 valence electrons. The van der Waals surface area contributed by atoms with Crippen LogP contribution >= 0.6 is 0 Å². The lowest BCUT2D eigenvalue weighted by atomic mass is 10.1. The Morgan fingerprint density at radius 2 is 1.95 bits per heavy atom. The van der Waals surface area contributed by atoms with Gasteiger partial charge in [-0.15, -0.1) is 0 Å². The van der Waals surface area contributed by atoms with Crippen molar-refractivity contribution in [1.82, 2.24) is 9.80 Å². The number of hydrogen-bond donors (Lipinski definition) is 0. The molecule has 1 aliphatic heterocycles. The summed E-state index contributed by atoms with van der Waals surface area (Å²) < 4.78 is 19.2. The number of benzene rings is 1. The summed E-state index contributed by atoms with van der Waals surface area (Å²) in [5, 5.41) is 8.75. The van der Waals surface area contributed by atoms with Crippen molar-refractivity contribution in [2.45, 2.75) is 13.5 Å². The van der Waals surface area contributed by atoms with Crippen LogP contribution in [0, 0.1) is 17.1 Å². The molecule has 4 nitrogen and oxygen atoms in total. The molecule has 0 aliphatic carbocycles. The molecule has 0 saturated carbocycles. The van der Waals surface area contributed by atoms with Gasteiger partial charge in [0.2, 0.25) is 0 Å². The zero-order valence-corrected chi connectivity index (χ0v) is 12.5. The maximum absolute atomic E-state index is 13.9. The third kappa shape index (κ3) is 4.78. The van der Waals surface area contributed by atoms with Crippen molar-refractivity contribution in [2.24, 2.45) is 0 Å². The second-order valence-electron chi connectivity index (χ2n) is 5.23. The van der Waals surface area contributed by atoms with Crippen molar-refractivity contribution in [3.8, 4) is 6.07 Å². The van der Waals surface area contributed by atoms with Gasteiger partial charge in [0.05, 0.1) is 18.2 Å². The number of halogens is 1. The van der Waals surface area contributed by atoms with Crippen molar-refractivity contribution < 1.29 is 9.13 Å². The van der Waals surface area contributed by atoms with E-state index in [9.17, 15) is 4.39 Å². The van der Waals surface area contributed by atoms with E-state index in [1.807, 2.05) is 13.0 Å². The number of nitriles is 1. The van der Waals surface area contributed by atoms with Crippen molar-refractivity contribution in [2.75, 3.05) is 45.9 Å². The molecule has 5 heteroatoms. The van der Waals surface area contributed by atoms with E-state index in [1.165, 1.54) is 6.07 Å². The molecule has 1 aromatic carbocycles. The smallest absolute Gasteiger partial charge is 0.129 e. The summed E-state index contributed by atoms with van der Waals surface area (Å²) in [4.78, 5) is 4.63. The summed E-state index contributed by atoms with van der Waals surface area (Å²) in [6, 6.07) is 6.66. The first-order chi connectivity index (χ1) is 10.2. The third-order valence-electron chi connectivity index (χ3n) is 3.80. The first-order valence-electron chi connectivity index (χ1n) is 7.44. The van der Waals surface area contributed by atoms with Crippen LogP contribution in [0.25, 0.3) is 0 Å². The van der Waals surface area contributed by atoms with Crippen LogP contribution in [-0.2, 0) is 11.3 Å². The van der Waals surface area contributed by atoms with Crippen LogP contribution in [0.15, 0.2) is 18.2 Å². The Morgan fingerprint density at radius 3 is 2.57 bits per heavy atom. The molecule has 0 spiro atoms. The summed E-state index contributed by atoms with van der Waals surface area (Å²) >= 11 is 0. The van der Waals surface area contributed by atoms with Crippen LogP contribution in [0.5, 0.6) is 0 Å². The van der Waals surface area contributed by atoms with Crippen molar-refractivity contribution in [3.63, 3.8) is 0 Å². The van der Waals surface area contributed by atoms with Gasteiger partial charge in [0.15, 0.2) is 0 Å². The van der Waals surface area contributed by atoms with E-state index in [0.717, 1.165) is 45.9 Å². The number of rotatable bonds is 6. The van der Waals surface area contributed by atoms with Gasteiger partial charge in [0.25, 0.3) is 0 Å². The van der Waals surface area contributed by atoms with Gasteiger partial charge >= 0.3 is 0 Å². The third-order valence-corrected chi connectivity index (χ3v) is 3.80. The minimum absolute atomic E-state index is 0.284. The summed E-state index contributed by atoms with van der Waals surface area (Å²) in [6.07, 6.45) is 0. The highest BCUT2D eigenvalue weighted by atomic mass is 19.1. The van der Waals surface area contributed by atoms with Gasteiger partial charge in [0.1, 0.15) is 5.82 Å². The predicted molar refractivity (Wildman–Crippen MR) is 79.3 cm³/mol. The SMILES string of the molecule is CCOCCN1CCN(Cc2ccc(C#N)cc2F)CC1. The average Bonchev–Trinajstić information content (AvgIpc) is 2.51. The van der Waals surface area contributed by atoms with E-state index in [-0.39, 0.29) is 5.82 Å². The lowest BCUT2D eigenvalue weighted by Crippen LogP contribution is -2.46. The monoisotopic (exact) mass is 291 g/mol. The number of piperazine rings is 1. The maximum Gasteiger partial charge on any atom is 0.129 e. The summed E-state index contributed by atoms with van der Waals surface area (Å²) in [5.74, 6) is -0.284. The largest absolute Gasteiger partial charge is 0.380 e. The molecule has 1 aliphatic rings. The number of ether oxygens (including phenoxy) is 1. The Balaban J connectivity index is 1.80. The second kappa shape index (κ2) is 8.08. The van der Waals surface area contributed by atoms with E-state index >= 15 is 0 Å². The van der Waals surface area contributed by atoms with Crippen molar-refractivity contribution in [1.29, 1.82) is 5.26 Å². The van der Waals surface area contributed by atoms with Crippen LogP contribution in [0.3, 0.4) is 0 Å². The molecular formula is C16H22FN3O. The molecule has 0 amide bonds. The Kier molecular flexibility index (Phi) is 6.12. The Hall–Kier alpha value is -1.48. The molecule has 1 heterocycles. The van der Waals surface area contributed by atoms with Crippen molar-refractivity contribution >= 4 is 0 Å². The molecule has 0 bridgehead atoms. The van der Waals surface area contributed by atoms with Gasteiger partial charge in [-0.05, 0) is 19.1 Å². The van der Waals surface area contributed by atoms with E-state index in [0.29, 0.717) is 17.7 Å². The Morgan fingerprint density at radius 1 is 1.24 bits per heavy atom. The van der Waals surface area contributed by atoms with Crippen LogP contribution in [0.1, 0.15) is 18.1 Å². The lowest BCUT2D eigenvalue weighted by molar-refractivity contribution is 0.0782. The highest BCUT2D eigenvalue weighted by molar-refractivity contribution is 5.32. The summed E-state index contributed by atoms with van der Waals surface area (Å²) in [5.41, 5.74) is 1.04. The van der Waals surface area contributed by atoms with Crippen LogP contribution < -0.4 is 0 Å². The van der Waals surface area contributed by atoms with Crippen LogP contribution in [-0.4, -0.2) is 55.7 Å². The van der Waals surface area contributed by atoms with Gasteiger partial charge < -0.3 is 4.74 Å². The quantitative estimate of drug-likeness (QED) is 0.750. The van der Waals surface area contributed by atoms with Crippen LogP contribution in [0.2, 0.25) is 0 Å². The second-order valence-corrected chi connectivity index (χ2v) is 5.23. The normalized spacial score (nSPS) is 16.8. The lowest BCUT2D eigenvalue weighted by Gasteiger charge is -2.34. The zero-order valence-electron chi connectivity index (χ0n) is 12.5. The molecule has 0 atom stereocenters. The highest BCUT2D eigenvalue weighted by Gasteiger charge is 2.17. The molecule has 1 saturated heterocycles. The fraction of sp³-hybridized carbons (Fsp3) is 0.562. The van der Waals surface area contributed by atoms with Gasteiger partial charge in [-0.25, -0.2) is 4.39 Å². The van der Waals surface area contributed by atoms with E-state index in [2.05, 4.69) is 9.80 Å².